The Hall–Kier alpha value is -14.5. The van der Waals surface area contributed by atoms with Crippen molar-refractivity contribution in [1.82, 2.24) is 0 Å². The predicted octanol–water partition coefficient (Wildman–Crippen LogP) is 27.5. The van der Waals surface area contributed by atoms with E-state index in [1.165, 1.54) is 228 Å². The van der Waals surface area contributed by atoms with Gasteiger partial charge in [-0.25, -0.2) is 26.3 Å². The highest BCUT2D eigenvalue weighted by molar-refractivity contribution is 6.00. The second-order valence-corrected chi connectivity index (χ2v) is 30.5. The van der Waals surface area contributed by atoms with E-state index in [4.69, 9.17) is 26.3 Å². The fraction of sp³-hybridized carbons (Fsp3) is 0.107. The van der Waals surface area contributed by atoms with Gasteiger partial charge in [0.2, 0.25) is 28.2 Å². The van der Waals surface area contributed by atoms with Gasteiger partial charge < -0.3 is 19.4 Å². The van der Waals surface area contributed by atoms with Crippen LogP contribution in [0.3, 0.4) is 0 Å². The van der Waals surface area contributed by atoms with Crippen molar-refractivity contribution < 1.29 is 0 Å². The van der Waals surface area contributed by atoms with Crippen molar-refractivity contribution in [3.05, 3.63) is 521 Å². The fourth-order valence-corrected chi connectivity index (χ4v) is 21.1. The number of hydrogen-bond donors (Lipinski definition) is 0. The molecule has 0 amide bonds. The van der Waals surface area contributed by atoms with Gasteiger partial charge in [0.05, 0.1) is 21.7 Å². The summed E-state index contributed by atoms with van der Waals surface area (Å²) in [7, 11) is 5.67. The topological polar surface area (TPSA) is 17.4 Å². The molecule has 0 N–H and O–H groups in total. The van der Waals surface area contributed by atoms with Crippen LogP contribution in [-0.4, -0.2) is 28.2 Å². The number of nitrogens with zero attached hydrogens (tertiary/aromatic N) is 4. The Bertz CT molecular complexity index is 6420. The Kier molecular flexibility index (Phi) is 19.3. The smallest absolute Gasteiger partial charge is 0.205 e. The van der Waals surface area contributed by atoms with Crippen LogP contribution in [0.5, 0.6) is 0 Å². The number of fused-ring (bicyclic) bond motifs is 40. The molecule has 0 radical (unpaired) electrons. The van der Waals surface area contributed by atoms with Crippen LogP contribution in [-0.2, 0) is 21.7 Å². The van der Waals surface area contributed by atoms with Gasteiger partial charge in [-0.15, -0.1) is 0 Å². The molecule has 8 aliphatic carbocycles. The molecule has 16 aromatic carbocycles. The van der Waals surface area contributed by atoms with Crippen LogP contribution < -0.4 is 0 Å². The van der Waals surface area contributed by atoms with E-state index < -0.39 is 0 Å². The molecule has 552 valence electrons. The molecule has 4 heteroatoms. The van der Waals surface area contributed by atoms with Crippen molar-refractivity contribution in [2.75, 3.05) is 28.2 Å². The molecule has 0 unspecified atom stereocenters. The Morgan fingerprint density at radius 3 is 0.724 bits per heavy atom. The van der Waals surface area contributed by atoms with Gasteiger partial charge in [0.1, 0.15) is 0 Å². The lowest BCUT2D eigenvalue weighted by Gasteiger charge is -2.31. The van der Waals surface area contributed by atoms with E-state index in [9.17, 15) is 0 Å². The molecule has 8 aliphatic rings. The lowest BCUT2D eigenvalue weighted by atomic mass is 9.69. The SMILES string of the molecule is Cc1ccc2c(c1)-c1ccccc1C21c2ccccc2-c2ccccc21.Cc1ccc2c(c1)C1(c3ccccc3-c3ccccc31)c1ccccc1-2.Cc1cccc2c1-c1ccccc1C21c2ccccc2-c2ccccc21.Cc1cccc2c1C1(c3ccccc3-c3ccccc31)c1ccccc1-2.[C-]#[N+]C.[C-]#[N+]C.[C-]#[N+]C.[C-]#[N+]C. The molecular weight excluding hydrogens is 1400 g/mol. The first-order valence-corrected chi connectivity index (χ1v) is 39.6. The maximum Gasteiger partial charge on any atom is 0.205 e. The molecule has 0 aromatic heterocycles. The standard InChI is InChI=1S/4C26H18.4C2H3N/c1-17-9-8-13-21-20-12-4-7-16-24(20)26(25(17)21)22-14-5-2-10-18(22)19-11-3-6-15-23(19)26;1-17-9-8-16-24-25(17)20-12-4-7-15-23(20)26(24)21-13-5-2-10-18(21)19-11-3-6-14-22(19)26;1-17-14-15-25-21(16-17)20-10-4-7-13-24(20)26(25)22-11-5-2-8-18(22)19-9-3-6-12-23(19)26;1-17-14-15-21-20-10-4-7-13-24(20)26(25(21)16-17)22-11-5-2-8-18(22)19-9-3-6-12-23(19)26;4*1-3-2/h4*2-16H,1H3;4*1H3. The minimum atomic E-state index is -0.190. The average molecular weight is 1490 g/mol. The predicted molar refractivity (Wildman–Crippen MR) is 480 cm³/mol. The molecule has 0 fully saturated rings. The highest BCUT2D eigenvalue weighted by Crippen LogP contribution is 2.68. The zero-order valence-electron chi connectivity index (χ0n) is 66.4. The summed E-state index contributed by atoms with van der Waals surface area (Å²) in [5.41, 5.74) is 49.3. The Morgan fingerprint density at radius 2 is 0.379 bits per heavy atom. The lowest BCUT2D eigenvalue weighted by molar-refractivity contribution is 0.786. The van der Waals surface area contributed by atoms with Crippen LogP contribution in [0.2, 0.25) is 0 Å². The van der Waals surface area contributed by atoms with Crippen molar-refractivity contribution in [2.24, 2.45) is 0 Å². The molecule has 116 heavy (non-hydrogen) atoms. The third-order valence-electron chi connectivity index (χ3n) is 24.8. The first-order chi connectivity index (χ1) is 56.9. The molecule has 16 aromatic rings. The van der Waals surface area contributed by atoms with E-state index in [1.54, 1.807) is 0 Å². The van der Waals surface area contributed by atoms with Gasteiger partial charge in [-0.05, 0) is 217 Å². The van der Waals surface area contributed by atoms with Gasteiger partial charge in [-0.3, -0.25) is 0 Å². The fourth-order valence-electron chi connectivity index (χ4n) is 21.1. The number of aryl methyl sites for hydroxylation is 4. The molecular formula is C112H84N4. The Labute approximate surface area is 683 Å². The zero-order chi connectivity index (χ0) is 80.0. The quantitative estimate of drug-likeness (QED) is 0.135. The summed E-state index contributed by atoms with van der Waals surface area (Å²) in [5.74, 6) is 0. The maximum atomic E-state index is 5.83. The van der Waals surface area contributed by atoms with Gasteiger partial charge in [0.25, 0.3) is 0 Å². The lowest BCUT2D eigenvalue weighted by Crippen LogP contribution is -2.26. The average Bonchev–Trinajstić information content (AvgIpc) is 1.53. The van der Waals surface area contributed by atoms with E-state index >= 15 is 0 Å². The van der Waals surface area contributed by atoms with E-state index in [1.807, 2.05) is 0 Å². The van der Waals surface area contributed by atoms with Crippen molar-refractivity contribution >= 4 is 0 Å². The van der Waals surface area contributed by atoms with Crippen molar-refractivity contribution in [3.8, 4) is 89.0 Å². The van der Waals surface area contributed by atoms with Crippen LogP contribution in [0.4, 0.5) is 0 Å². The number of hydrogen-bond acceptors (Lipinski definition) is 0. The third kappa shape index (κ3) is 10.8. The molecule has 24 rings (SSSR count). The summed E-state index contributed by atoms with van der Waals surface area (Å²) in [6.45, 7) is 32.2. The van der Waals surface area contributed by atoms with Gasteiger partial charge in [-0.2, -0.15) is 0 Å². The third-order valence-corrected chi connectivity index (χ3v) is 24.8. The Morgan fingerprint density at radius 1 is 0.172 bits per heavy atom. The van der Waals surface area contributed by atoms with Gasteiger partial charge >= 0.3 is 0 Å². The summed E-state index contributed by atoms with van der Waals surface area (Å²) in [5, 5.41) is 0. The van der Waals surface area contributed by atoms with Crippen molar-refractivity contribution in [1.29, 1.82) is 0 Å². The van der Waals surface area contributed by atoms with E-state index in [0.29, 0.717) is 0 Å². The zero-order valence-corrected chi connectivity index (χ0v) is 66.4. The Balaban J connectivity index is 0.000000106. The monoisotopic (exact) mass is 1480 g/mol. The molecule has 0 saturated carbocycles. The molecule has 0 saturated heterocycles. The minimum absolute atomic E-state index is 0.188. The second kappa shape index (κ2) is 30.2. The maximum absolute atomic E-state index is 5.83. The second-order valence-electron chi connectivity index (χ2n) is 30.5. The van der Waals surface area contributed by atoms with Gasteiger partial charge in [0, 0.05) is 0 Å². The first kappa shape index (κ1) is 74.2. The molecule has 4 nitrogen and oxygen atoms in total. The largest absolute Gasteiger partial charge is 0.320 e. The number of rotatable bonds is 0. The molecule has 0 bridgehead atoms. The van der Waals surface area contributed by atoms with E-state index in [2.05, 4.69) is 411 Å². The summed E-state index contributed by atoms with van der Waals surface area (Å²) in [6.07, 6.45) is 0. The molecule has 0 atom stereocenters. The first-order valence-electron chi connectivity index (χ1n) is 39.6. The highest BCUT2D eigenvalue weighted by atomic mass is 14.6. The van der Waals surface area contributed by atoms with Crippen LogP contribution in [0, 0.1) is 54.0 Å². The van der Waals surface area contributed by atoms with Crippen LogP contribution in [0.25, 0.3) is 108 Å². The highest BCUT2D eigenvalue weighted by Gasteiger charge is 2.56. The van der Waals surface area contributed by atoms with Gasteiger partial charge in [-0.1, -0.05) is 375 Å². The van der Waals surface area contributed by atoms with Crippen LogP contribution in [0.15, 0.2) is 364 Å². The molecule has 0 heterocycles. The summed E-state index contributed by atoms with van der Waals surface area (Å²) < 4.78 is 0. The summed E-state index contributed by atoms with van der Waals surface area (Å²) in [4.78, 5) is 11.0. The summed E-state index contributed by atoms with van der Waals surface area (Å²) >= 11 is 0. The van der Waals surface area contributed by atoms with Crippen LogP contribution >= 0.6 is 0 Å². The van der Waals surface area contributed by atoms with E-state index in [0.717, 1.165) is 0 Å². The van der Waals surface area contributed by atoms with Crippen molar-refractivity contribution in [2.45, 2.75) is 49.4 Å². The summed E-state index contributed by atoms with van der Waals surface area (Å²) in [6, 6.07) is 135. The van der Waals surface area contributed by atoms with Crippen molar-refractivity contribution in [3.63, 3.8) is 0 Å². The van der Waals surface area contributed by atoms with Gasteiger partial charge in [0.15, 0.2) is 0 Å². The number of benzene rings is 16. The molecule has 0 aliphatic heterocycles. The van der Waals surface area contributed by atoms with Crippen LogP contribution in [0.1, 0.15) is 111 Å². The molecule has 4 spiro atoms. The van der Waals surface area contributed by atoms with E-state index in [-0.39, 0.29) is 21.7 Å². The minimum Gasteiger partial charge on any atom is -0.320 e. The normalized spacial score (nSPS) is 13.4.